The minimum Gasteiger partial charge on any atom is -0.508 e. The van der Waals surface area contributed by atoms with E-state index in [1.54, 1.807) is 60.7 Å². The van der Waals surface area contributed by atoms with Crippen LogP contribution in [0.1, 0.15) is 39.3 Å². The van der Waals surface area contributed by atoms with Crippen LogP contribution in [-0.4, -0.2) is 58.1 Å². The fourth-order valence-electron chi connectivity index (χ4n) is 6.20. The summed E-state index contributed by atoms with van der Waals surface area (Å²) < 4.78 is 29.7. The van der Waals surface area contributed by atoms with Crippen LogP contribution in [-0.2, 0) is 16.0 Å². The van der Waals surface area contributed by atoms with Gasteiger partial charge in [-0.2, -0.15) is 0 Å². The van der Waals surface area contributed by atoms with Crippen molar-refractivity contribution in [3.05, 3.63) is 123 Å². The van der Waals surface area contributed by atoms with Crippen molar-refractivity contribution in [1.29, 1.82) is 0 Å². The third-order valence-electron chi connectivity index (χ3n) is 8.80. The lowest BCUT2D eigenvalue weighted by molar-refractivity contribution is -0.147. The summed E-state index contributed by atoms with van der Waals surface area (Å²) >= 11 is 12.7. The van der Waals surface area contributed by atoms with Gasteiger partial charge in [-0.3, -0.25) is 9.59 Å². The van der Waals surface area contributed by atoms with Gasteiger partial charge in [-0.25, -0.2) is 0 Å². The van der Waals surface area contributed by atoms with Crippen molar-refractivity contribution < 1.29 is 53.7 Å². The number of para-hydroxylation sites is 2. The number of phenolic OH excluding ortho intramolecular Hbond substituents is 3. The van der Waals surface area contributed by atoms with E-state index in [1.807, 2.05) is 6.07 Å². The zero-order chi connectivity index (χ0) is 37.4. The molecule has 2 heterocycles. The maximum absolute atomic E-state index is 13.3. The van der Waals surface area contributed by atoms with Crippen molar-refractivity contribution in [3.8, 4) is 40.2 Å². The molecule has 14 heteroatoms. The number of aromatic hydroxyl groups is 3. The SMILES string of the molecule is COc1cc(C2Oc3cc([C@@H]4Oc5cc(O)cc(O)c5C(=O)C4O)ccc3O[C@H]2COC(=O)Cc2ccccc2Nc2c(Cl)cccc2Cl)ccc1O. The van der Waals surface area contributed by atoms with Gasteiger partial charge in [0.2, 0.25) is 5.78 Å². The molecular formula is C39H31Cl2NO11. The number of methoxy groups -OCH3 is 1. The van der Waals surface area contributed by atoms with Gasteiger partial charge in [0, 0.05) is 23.4 Å². The first-order valence-electron chi connectivity index (χ1n) is 16.2. The van der Waals surface area contributed by atoms with E-state index < -0.39 is 41.9 Å². The molecule has 5 aromatic rings. The first kappa shape index (κ1) is 35.6. The zero-order valence-corrected chi connectivity index (χ0v) is 29.3. The third kappa shape index (κ3) is 7.16. The molecule has 12 nitrogen and oxygen atoms in total. The fourth-order valence-corrected chi connectivity index (χ4v) is 6.69. The number of nitrogens with one attached hydrogen (secondary N) is 1. The minimum absolute atomic E-state index is 0.0975. The number of esters is 1. The Morgan fingerprint density at radius 3 is 2.28 bits per heavy atom. The molecule has 0 bridgehead atoms. The van der Waals surface area contributed by atoms with Crippen LogP contribution in [0.2, 0.25) is 10.0 Å². The van der Waals surface area contributed by atoms with Crippen LogP contribution < -0.4 is 24.3 Å². The number of rotatable bonds is 9. The number of anilines is 2. The quantitative estimate of drug-likeness (QED) is 0.0958. The average molecular weight is 761 g/mol. The summed E-state index contributed by atoms with van der Waals surface area (Å²) in [7, 11) is 1.40. The van der Waals surface area contributed by atoms with E-state index in [-0.39, 0.29) is 53.1 Å². The molecule has 0 amide bonds. The summed E-state index contributed by atoms with van der Waals surface area (Å²) in [5, 5.41) is 45.4. The second-order valence-electron chi connectivity index (χ2n) is 12.3. The number of Topliss-reactive ketones (excluding diaryl/α,β-unsaturated/α-hetero) is 1. The Labute approximate surface area is 312 Å². The van der Waals surface area contributed by atoms with Crippen LogP contribution in [0.4, 0.5) is 11.4 Å². The van der Waals surface area contributed by atoms with Gasteiger partial charge >= 0.3 is 5.97 Å². The highest BCUT2D eigenvalue weighted by molar-refractivity contribution is 6.39. The summed E-state index contributed by atoms with van der Waals surface area (Å²) in [6.07, 6.45) is -4.78. The van der Waals surface area contributed by atoms with E-state index in [2.05, 4.69) is 5.32 Å². The second-order valence-corrected chi connectivity index (χ2v) is 13.1. The normalized spacial score (nSPS) is 18.8. The first-order chi connectivity index (χ1) is 25.5. The molecule has 7 rings (SSSR count). The summed E-state index contributed by atoms with van der Waals surface area (Å²) in [6.45, 7) is -0.234. The smallest absolute Gasteiger partial charge is 0.310 e. The van der Waals surface area contributed by atoms with Crippen molar-refractivity contribution >= 4 is 46.3 Å². The molecule has 0 saturated carbocycles. The number of fused-ring (bicyclic) bond motifs is 2. The first-order valence-corrected chi connectivity index (χ1v) is 17.0. The molecule has 0 radical (unpaired) electrons. The van der Waals surface area contributed by atoms with Crippen LogP contribution in [0.15, 0.2) is 91.0 Å². The number of aliphatic hydroxyl groups is 1. The average Bonchev–Trinajstić information content (AvgIpc) is 3.13. The Morgan fingerprint density at radius 1 is 0.792 bits per heavy atom. The van der Waals surface area contributed by atoms with Gasteiger partial charge in [0.05, 0.1) is 29.3 Å². The predicted octanol–water partition coefficient (Wildman–Crippen LogP) is 7.21. The van der Waals surface area contributed by atoms with Crippen molar-refractivity contribution in [2.24, 2.45) is 0 Å². The Bertz CT molecular complexity index is 2210. The standard InChI is InChI=1S/C39H31Cl2NO11/c1-49-29-13-20(9-11-26(29)44)38-32(18-50-33(46)15-19-5-2-3-8-25(19)42-35-23(40)6-4-7-24(35)41)51-28-12-10-21(14-30(28)52-38)39-37(48)36(47)34-27(45)16-22(43)17-31(34)53-39/h2-14,16-17,32,37-39,42-45,48H,15,18H2,1H3/t32-,37?,38?,39-/m0/s1. The van der Waals surface area contributed by atoms with Crippen LogP contribution in [0, 0.1) is 0 Å². The minimum atomic E-state index is -1.69. The van der Waals surface area contributed by atoms with Gasteiger partial charge in [-0.15, -0.1) is 0 Å². The Kier molecular flexibility index (Phi) is 9.84. The fraction of sp³-hybridized carbons (Fsp3) is 0.179. The largest absolute Gasteiger partial charge is 0.508 e. The number of phenols is 3. The molecule has 2 aliphatic rings. The molecule has 0 aromatic heterocycles. The van der Waals surface area contributed by atoms with Crippen molar-refractivity contribution in [1.82, 2.24) is 0 Å². The van der Waals surface area contributed by atoms with Crippen molar-refractivity contribution in [2.75, 3.05) is 19.0 Å². The van der Waals surface area contributed by atoms with Gasteiger partial charge in [0.1, 0.15) is 29.4 Å². The molecule has 5 N–H and O–H groups in total. The molecule has 5 aromatic carbocycles. The van der Waals surface area contributed by atoms with Gasteiger partial charge < -0.3 is 49.4 Å². The lowest BCUT2D eigenvalue weighted by atomic mass is 9.92. The molecule has 0 saturated heterocycles. The van der Waals surface area contributed by atoms with E-state index >= 15 is 0 Å². The molecule has 272 valence electrons. The maximum atomic E-state index is 13.3. The van der Waals surface area contributed by atoms with E-state index in [0.717, 1.165) is 6.07 Å². The zero-order valence-electron chi connectivity index (χ0n) is 27.8. The predicted molar refractivity (Wildman–Crippen MR) is 193 cm³/mol. The van der Waals surface area contributed by atoms with Crippen LogP contribution >= 0.6 is 23.2 Å². The number of carbonyl (C=O) groups excluding carboxylic acids is 2. The number of aliphatic hydroxyl groups excluding tert-OH is 1. The van der Waals surface area contributed by atoms with Crippen LogP contribution in [0.25, 0.3) is 0 Å². The summed E-state index contributed by atoms with van der Waals surface area (Å²) in [4.78, 5) is 26.3. The van der Waals surface area contributed by atoms with Crippen LogP contribution in [0.5, 0.6) is 40.2 Å². The highest BCUT2D eigenvalue weighted by Gasteiger charge is 2.41. The molecule has 2 unspecified atom stereocenters. The molecule has 0 aliphatic carbocycles. The van der Waals surface area contributed by atoms with Gasteiger partial charge in [0.15, 0.2) is 47.4 Å². The molecular weight excluding hydrogens is 729 g/mol. The summed E-state index contributed by atoms with van der Waals surface area (Å²) in [5.41, 5.74) is 2.35. The van der Waals surface area contributed by atoms with E-state index in [4.69, 9.17) is 46.9 Å². The lowest BCUT2D eigenvalue weighted by Gasteiger charge is -2.35. The monoisotopic (exact) mass is 759 g/mol. The van der Waals surface area contributed by atoms with Crippen molar-refractivity contribution in [3.63, 3.8) is 0 Å². The van der Waals surface area contributed by atoms with Gasteiger partial charge in [-0.05, 0) is 53.6 Å². The number of ether oxygens (including phenoxy) is 5. The van der Waals surface area contributed by atoms with E-state index in [9.17, 15) is 30.0 Å². The Morgan fingerprint density at radius 2 is 1.51 bits per heavy atom. The number of hydrogen-bond donors (Lipinski definition) is 5. The van der Waals surface area contributed by atoms with Gasteiger partial charge in [0.25, 0.3) is 0 Å². The van der Waals surface area contributed by atoms with Crippen molar-refractivity contribution in [2.45, 2.75) is 30.8 Å². The number of benzene rings is 5. The molecule has 53 heavy (non-hydrogen) atoms. The number of ketones is 1. The Hall–Kier alpha value is -5.82. The topological polar surface area (TPSA) is 173 Å². The summed E-state index contributed by atoms with van der Waals surface area (Å²) in [5.74, 6) is -1.73. The molecule has 0 fully saturated rings. The molecule has 4 atom stereocenters. The number of hydrogen-bond acceptors (Lipinski definition) is 12. The Balaban J connectivity index is 1.13. The number of carbonyl (C=O) groups is 2. The highest BCUT2D eigenvalue weighted by Crippen LogP contribution is 2.46. The maximum Gasteiger partial charge on any atom is 0.310 e. The summed E-state index contributed by atoms with van der Waals surface area (Å²) in [6, 6.07) is 23.7. The highest BCUT2D eigenvalue weighted by atomic mass is 35.5. The third-order valence-corrected chi connectivity index (χ3v) is 9.43. The molecule has 2 aliphatic heterocycles. The van der Waals surface area contributed by atoms with E-state index in [1.165, 1.54) is 25.3 Å². The second kappa shape index (κ2) is 14.7. The lowest BCUT2D eigenvalue weighted by Crippen LogP contribution is -2.38. The van der Waals surface area contributed by atoms with Gasteiger partial charge in [-0.1, -0.05) is 59.6 Å². The molecule has 0 spiro atoms. The van der Waals surface area contributed by atoms with E-state index in [0.29, 0.717) is 38.1 Å². The number of halogens is 2. The van der Waals surface area contributed by atoms with Crippen LogP contribution in [0.3, 0.4) is 0 Å².